The maximum Gasteiger partial charge on any atom is 0.128 e. The summed E-state index contributed by atoms with van der Waals surface area (Å²) in [6, 6.07) is 5.77. The van der Waals surface area contributed by atoms with Gasteiger partial charge in [0.25, 0.3) is 0 Å². The lowest BCUT2D eigenvalue weighted by atomic mass is 10.2. The van der Waals surface area contributed by atoms with Gasteiger partial charge in [0, 0.05) is 25.5 Å². The van der Waals surface area contributed by atoms with Crippen molar-refractivity contribution in [1.82, 2.24) is 14.8 Å². The number of aromatic nitrogens is 3. The highest BCUT2D eigenvalue weighted by Crippen LogP contribution is 2.16. The van der Waals surface area contributed by atoms with E-state index in [1.54, 1.807) is 12.3 Å². The lowest BCUT2D eigenvalue weighted by molar-refractivity contribution is 0.0272. The number of nitrogens with zero attached hydrogens (tertiary/aromatic N) is 5. The van der Waals surface area contributed by atoms with Gasteiger partial charge in [-0.15, -0.1) is 0 Å². The molecular weight excluding hydrogens is 266 g/mol. The van der Waals surface area contributed by atoms with Gasteiger partial charge in [0.1, 0.15) is 11.9 Å². The predicted octanol–water partition coefficient (Wildman–Crippen LogP) is 1.36. The average Bonchev–Trinajstić information content (AvgIpc) is 2.93. The lowest BCUT2D eigenvalue weighted by Gasteiger charge is -2.33. The summed E-state index contributed by atoms with van der Waals surface area (Å²) in [5.74, 6) is 0.888. The summed E-state index contributed by atoms with van der Waals surface area (Å²) in [7, 11) is 0. The van der Waals surface area contributed by atoms with Crippen LogP contribution in [0.5, 0.6) is 0 Å². The van der Waals surface area contributed by atoms with Crippen LogP contribution in [0.1, 0.15) is 11.1 Å². The molecule has 1 aliphatic rings. The van der Waals surface area contributed by atoms with Crippen LogP contribution in [0.4, 0.5) is 5.82 Å². The van der Waals surface area contributed by atoms with Crippen LogP contribution >= 0.6 is 0 Å². The van der Waals surface area contributed by atoms with Crippen molar-refractivity contribution < 1.29 is 4.74 Å². The van der Waals surface area contributed by atoms with E-state index in [0.29, 0.717) is 12.2 Å². The smallest absolute Gasteiger partial charge is 0.128 e. The Bertz CT molecular complexity index is 643. The summed E-state index contributed by atoms with van der Waals surface area (Å²) in [6.07, 6.45) is 5.57. The van der Waals surface area contributed by atoms with Crippen molar-refractivity contribution in [3.8, 4) is 6.07 Å². The van der Waals surface area contributed by atoms with Crippen molar-refractivity contribution in [2.75, 3.05) is 24.6 Å². The van der Waals surface area contributed by atoms with E-state index >= 15 is 0 Å². The molecule has 3 heterocycles. The average molecular weight is 283 g/mol. The summed E-state index contributed by atoms with van der Waals surface area (Å²) >= 11 is 0. The van der Waals surface area contributed by atoms with Crippen LogP contribution in [0, 0.1) is 18.3 Å². The fraction of sp³-hybridized carbons (Fsp3) is 0.400. The number of aryl methyl sites for hydroxylation is 1. The Kier molecular flexibility index (Phi) is 3.84. The van der Waals surface area contributed by atoms with Crippen LogP contribution < -0.4 is 4.90 Å². The van der Waals surface area contributed by atoms with E-state index in [-0.39, 0.29) is 6.10 Å². The number of pyridine rings is 1. The Morgan fingerprint density at radius 3 is 3.00 bits per heavy atom. The zero-order valence-electron chi connectivity index (χ0n) is 11.9. The third-order valence-corrected chi connectivity index (χ3v) is 3.49. The van der Waals surface area contributed by atoms with Gasteiger partial charge in [-0.3, -0.25) is 4.68 Å². The van der Waals surface area contributed by atoms with Crippen molar-refractivity contribution in [2.24, 2.45) is 0 Å². The minimum atomic E-state index is 0.0930. The van der Waals surface area contributed by atoms with Gasteiger partial charge >= 0.3 is 0 Å². The van der Waals surface area contributed by atoms with Gasteiger partial charge < -0.3 is 9.64 Å². The molecular formula is C15H17N5O. The van der Waals surface area contributed by atoms with Crippen molar-refractivity contribution >= 4 is 5.82 Å². The molecule has 0 N–H and O–H groups in total. The highest BCUT2D eigenvalue weighted by Gasteiger charge is 2.22. The van der Waals surface area contributed by atoms with E-state index in [1.807, 2.05) is 30.1 Å². The van der Waals surface area contributed by atoms with Gasteiger partial charge in [-0.25, -0.2) is 4.98 Å². The Balaban J connectivity index is 1.66. The molecule has 0 saturated carbocycles. The predicted molar refractivity (Wildman–Crippen MR) is 77.9 cm³/mol. The number of anilines is 1. The first kappa shape index (κ1) is 13.6. The fourth-order valence-electron chi connectivity index (χ4n) is 2.45. The monoisotopic (exact) mass is 283 g/mol. The highest BCUT2D eigenvalue weighted by molar-refractivity contribution is 5.42. The van der Waals surface area contributed by atoms with Gasteiger partial charge in [0.2, 0.25) is 0 Å². The molecule has 0 aromatic carbocycles. The maximum absolute atomic E-state index is 8.81. The second-order valence-corrected chi connectivity index (χ2v) is 5.20. The molecule has 6 nitrogen and oxygen atoms in total. The summed E-state index contributed by atoms with van der Waals surface area (Å²) in [5, 5.41) is 13.1. The van der Waals surface area contributed by atoms with E-state index in [4.69, 9.17) is 10.00 Å². The Morgan fingerprint density at radius 2 is 2.33 bits per heavy atom. The molecule has 0 spiro atoms. The third kappa shape index (κ3) is 3.20. The van der Waals surface area contributed by atoms with Crippen molar-refractivity contribution in [2.45, 2.75) is 19.6 Å². The molecule has 2 aromatic rings. The van der Waals surface area contributed by atoms with Crippen LogP contribution in [0.3, 0.4) is 0 Å². The molecule has 1 fully saturated rings. The topological polar surface area (TPSA) is 67.0 Å². The van der Waals surface area contributed by atoms with E-state index in [0.717, 1.165) is 31.0 Å². The van der Waals surface area contributed by atoms with Crippen LogP contribution in [-0.4, -0.2) is 40.6 Å². The minimum absolute atomic E-state index is 0.0930. The molecule has 3 rings (SSSR count). The summed E-state index contributed by atoms with van der Waals surface area (Å²) in [5.41, 5.74) is 1.73. The molecule has 2 aromatic heterocycles. The molecule has 6 heteroatoms. The third-order valence-electron chi connectivity index (χ3n) is 3.49. The van der Waals surface area contributed by atoms with Gasteiger partial charge in [0.15, 0.2) is 0 Å². The van der Waals surface area contributed by atoms with Crippen molar-refractivity contribution in [3.63, 3.8) is 0 Å². The van der Waals surface area contributed by atoms with Gasteiger partial charge in [-0.2, -0.15) is 10.4 Å². The number of hydrogen-bond acceptors (Lipinski definition) is 5. The molecule has 0 bridgehead atoms. The lowest BCUT2D eigenvalue weighted by Crippen LogP contribution is -2.44. The number of hydrogen-bond donors (Lipinski definition) is 0. The Labute approximate surface area is 123 Å². The van der Waals surface area contributed by atoms with Crippen LogP contribution in [0.2, 0.25) is 0 Å². The minimum Gasteiger partial charge on any atom is -0.373 e. The van der Waals surface area contributed by atoms with E-state index in [2.05, 4.69) is 21.1 Å². The second kappa shape index (κ2) is 5.94. The van der Waals surface area contributed by atoms with E-state index in [1.165, 1.54) is 0 Å². The zero-order valence-corrected chi connectivity index (χ0v) is 11.9. The van der Waals surface area contributed by atoms with Gasteiger partial charge in [-0.05, 0) is 24.6 Å². The first-order valence-corrected chi connectivity index (χ1v) is 6.96. The van der Waals surface area contributed by atoms with Crippen molar-refractivity contribution in [3.05, 3.63) is 41.9 Å². The maximum atomic E-state index is 8.81. The molecule has 1 aliphatic heterocycles. The Hall–Kier alpha value is -2.39. The second-order valence-electron chi connectivity index (χ2n) is 5.20. The molecule has 0 amide bonds. The molecule has 0 aliphatic carbocycles. The van der Waals surface area contributed by atoms with Gasteiger partial charge in [-0.1, -0.05) is 0 Å². The first-order chi connectivity index (χ1) is 10.2. The highest BCUT2D eigenvalue weighted by atomic mass is 16.5. The number of morpholine rings is 1. The van der Waals surface area contributed by atoms with Crippen LogP contribution in [0.15, 0.2) is 30.7 Å². The first-order valence-electron chi connectivity index (χ1n) is 6.96. The summed E-state index contributed by atoms with van der Waals surface area (Å²) < 4.78 is 7.72. The van der Waals surface area contributed by atoms with E-state index in [9.17, 15) is 0 Å². The van der Waals surface area contributed by atoms with Crippen molar-refractivity contribution in [1.29, 1.82) is 5.26 Å². The Morgan fingerprint density at radius 1 is 1.43 bits per heavy atom. The molecule has 1 saturated heterocycles. The van der Waals surface area contributed by atoms with Crippen LogP contribution in [-0.2, 0) is 11.3 Å². The van der Waals surface area contributed by atoms with E-state index < -0.39 is 0 Å². The number of nitriles is 1. The SMILES string of the molecule is Cc1cnn(C[C@@H]2CN(c3ccc(C#N)cn3)CCO2)c1. The molecule has 1 atom stereocenters. The number of rotatable bonds is 3. The fourth-order valence-corrected chi connectivity index (χ4v) is 2.45. The zero-order chi connectivity index (χ0) is 14.7. The van der Waals surface area contributed by atoms with Crippen LogP contribution in [0.25, 0.3) is 0 Å². The number of ether oxygens (including phenoxy) is 1. The summed E-state index contributed by atoms with van der Waals surface area (Å²) in [4.78, 5) is 6.53. The van der Waals surface area contributed by atoms with Gasteiger partial charge in [0.05, 0.1) is 31.0 Å². The summed E-state index contributed by atoms with van der Waals surface area (Å²) in [6.45, 7) is 5.02. The molecule has 21 heavy (non-hydrogen) atoms. The molecule has 0 unspecified atom stereocenters. The molecule has 0 radical (unpaired) electrons. The largest absolute Gasteiger partial charge is 0.373 e. The molecule has 108 valence electrons. The quantitative estimate of drug-likeness (QED) is 0.851. The standard InChI is InChI=1S/C15H17N5O/c1-12-7-18-20(9-12)11-14-10-19(4-5-21-14)15-3-2-13(6-16)8-17-15/h2-3,7-9,14H,4-5,10-11H2,1H3/t14-/m0/s1. The normalized spacial score (nSPS) is 18.5.